The molecule has 0 aliphatic carbocycles. The Morgan fingerprint density at radius 2 is 1.73 bits per heavy atom. The van der Waals surface area contributed by atoms with Gasteiger partial charge < -0.3 is 15.1 Å². The summed E-state index contributed by atoms with van der Waals surface area (Å²) in [6.07, 6.45) is 4.28. The Kier molecular flexibility index (Phi) is 7.29. The highest BCUT2D eigenvalue weighted by molar-refractivity contribution is 6.06. The molecule has 0 bridgehead atoms. The van der Waals surface area contributed by atoms with E-state index in [4.69, 9.17) is 0 Å². The summed E-state index contributed by atoms with van der Waals surface area (Å²) in [5.74, 6) is 0.145. The lowest BCUT2D eigenvalue weighted by molar-refractivity contribution is -0.136. The minimum absolute atomic E-state index is 0.174. The number of aromatic nitrogens is 1. The number of piperidine rings is 2. The second-order valence-electron chi connectivity index (χ2n) is 11.8. The number of hydrogen-bond donors (Lipinski definition) is 2. The number of imide groups is 1. The maximum atomic E-state index is 13.1. The van der Waals surface area contributed by atoms with Gasteiger partial charge in [0.25, 0.3) is 11.8 Å². The molecule has 9 nitrogen and oxygen atoms in total. The van der Waals surface area contributed by atoms with E-state index in [1.165, 1.54) is 21.2 Å². The molecule has 9 heteroatoms. The molecule has 2 N–H and O–H groups in total. The molecular weight excluding hydrogens is 554 g/mol. The van der Waals surface area contributed by atoms with Gasteiger partial charge in [0, 0.05) is 49.9 Å². The first-order valence-electron chi connectivity index (χ1n) is 15.2. The highest BCUT2D eigenvalue weighted by Crippen LogP contribution is 2.32. The molecule has 222 valence electrons. The Hall–Kier alpha value is -5.05. The summed E-state index contributed by atoms with van der Waals surface area (Å²) < 4.78 is 0. The number of pyridine rings is 1. The first kappa shape index (κ1) is 27.8. The predicted octanol–water partition coefficient (Wildman–Crippen LogP) is 4.31. The topological polar surface area (TPSA) is 112 Å². The lowest BCUT2D eigenvalue weighted by Crippen LogP contribution is -2.52. The number of anilines is 1. The molecule has 4 aromatic rings. The van der Waals surface area contributed by atoms with Crippen molar-refractivity contribution in [2.75, 3.05) is 24.5 Å². The van der Waals surface area contributed by atoms with Gasteiger partial charge in [-0.05, 0) is 83.0 Å². The van der Waals surface area contributed by atoms with Crippen LogP contribution in [0, 0.1) is 5.92 Å². The van der Waals surface area contributed by atoms with E-state index >= 15 is 0 Å². The van der Waals surface area contributed by atoms with Gasteiger partial charge in [-0.15, -0.1) is 0 Å². The molecule has 3 aromatic carbocycles. The maximum absolute atomic E-state index is 13.1. The Bertz CT molecular complexity index is 1790. The second kappa shape index (κ2) is 11.6. The summed E-state index contributed by atoms with van der Waals surface area (Å²) in [6.45, 7) is 2.55. The minimum atomic E-state index is -0.674. The molecule has 0 saturated carbocycles. The number of amides is 4. The Morgan fingerprint density at radius 1 is 0.909 bits per heavy atom. The molecule has 44 heavy (non-hydrogen) atoms. The van der Waals surface area contributed by atoms with Gasteiger partial charge in [0.15, 0.2) is 0 Å². The van der Waals surface area contributed by atoms with Crippen LogP contribution in [0.2, 0.25) is 0 Å². The fourth-order valence-electron chi connectivity index (χ4n) is 6.66. The van der Waals surface area contributed by atoms with Crippen molar-refractivity contribution in [2.24, 2.45) is 5.92 Å². The minimum Gasteiger partial charge on any atom is -0.357 e. The third-order valence-corrected chi connectivity index (χ3v) is 9.12. The summed E-state index contributed by atoms with van der Waals surface area (Å²) in [6, 6.07) is 23.4. The fraction of sp³-hybridized carbons (Fsp3) is 0.286. The van der Waals surface area contributed by atoms with Crippen LogP contribution in [0.25, 0.3) is 21.9 Å². The zero-order valence-corrected chi connectivity index (χ0v) is 24.3. The number of hydrogen-bond acceptors (Lipinski definition) is 6. The number of fused-ring (bicyclic) bond motifs is 2. The molecule has 4 heterocycles. The molecule has 1 aromatic heterocycles. The van der Waals surface area contributed by atoms with Crippen molar-refractivity contribution in [1.29, 1.82) is 0 Å². The molecule has 3 aliphatic heterocycles. The van der Waals surface area contributed by atoms with Crippen molar-refractivity contribution in [3.05, 3.63) is 95.7 Å². The van der Waals surface area contributed by atoms with Crippen LogP contribution in [0.4, 0.5) is 5.82 Å². The van der Waals surface area contributed by atoms with E-state index < -0.39 is 11.9 Å². The normalized spacial score (nSPS) is 18.8. The average molecular weight is 588 g/mol. The number of carbonyl (C=O) groups excluding carboxylic acids is 4. The Labute approximate surface area is 255 Å². The van der Waals surface area contributed by atoms with Gasteiger partial charge >= 0.3 is 0 Å². The summed E-state index contributed by atoms with van der Waals surface area (Å²) in [4.78, 5) is 58.4. The van der Waals surface area contributed by atoms with E-state index in [9.17, 15) is 19.2 Å². The number of nitrogens with one attached hydrogen (secondary N) is 2. The van der Waals surface area contributed by atoms with Gasteiger partial charge in [-0.2, -0.15) is 0 Å². The smallest absolute Gasteiger partial charge is 0.255 e. The van der Waals surface area contributed by atoms with E-state index in [-0.39, 0.29) is 30.7 Å². The standard InChI is InChI=1S/C35H33N5O4/c41-32-11-10-30(34(43)38-32)40-21-26-18-25(8-9-29(26)35(40)44)33(42)37-20-22-13-16-39(17-14-22)31-19-24(12-15-36-31)28-7-3-5-23-4-1-2-6-27(23)28/h1-9,12,15,18-19,22,30H,10-11,13-14,16-17,20-21H2,(H,37,42)(H,38,41,43). The van der Waals surface area contributed by atoms with Crippen molar-refractivity contribution in [3.63, 3.8) is 0 Å². The summed E-state index contributed by atoms with van der Waals surface area (Å²) >= 11 is 0. The van der Waals surface area contributed by atoms with E-state index in [1.807, 2.05) is 6.20 Å². The summed E-state index contributed by atoms with van der Waals surface area (Å²) in [5.41, 5.74) is 4.06. The van der Waals surface area contributed by atoms with Crippen LogP contribution < -0.4 is 15.5 Å². The zero-order chi connectivity index (χ0) is 30.2. The van der Waals surface area contributed by atoms with Crippen molar-refractivity contribution < 1.29 is 19.2 Å². The quantitative estimate of drug-likeness (QED) is 0.325. The fourth-order valence-corrected chi connectivity index (χ4v) is 6.66. The highest BCUT2D eigenvalue weighted by atomic mass is 16.2. The van der Waals surface area contributed by atoms with Crippen LogP contribution in [-0.2, 0) is 16.1 Å². The number of rotatable bonds is 6. The Balaban J connectivity index is 0.945. The third kappa shape index (κ3) is 5.30. The average Bonchev–Trinajstić information content (AvgIpc) is 3.38. The predicted molar refractivity (Wildman–Crippen MR) is 167 cm³/mol. The molecule has 2 saturated heterocycles. The van der Waals surface area contributed by atoms with Gasteiger partial charge in [-0.3, -0.25) is 24.5 Å². The van der Waals surface area contributed by atoms with Crippen LogP contribution in [0.5, 0.6) is 0 Å². The lowest BCUT2D eigenvalue weighted by atomic mass is 9.96. The van der Waals surface area contributed by atoms with Crippen LogP contribution in [0.1, 0.15) is 52.0 Å². The molecule has 1 unspecified atom stereocenters. The van der Waals surface area contributed by atoms with Gasteiger partial charge in [0.1, 0.15) is 11.9 Å². The first-order chi connectivity index (χ1) is 21.4. The van der Waals surface area contributed by atoms with Crippen molar-refractivity contribution in [3.8, 4) is 11.1 Å². The van der Waals surface area contributed by atoms with Gasteiger partial charge in [0.05, 0.1) is 0 Å². The van der Waals surface area contributed by atoms with Crippen LogP contribution in [0.15, 0.2) is 79.0 Å². The first-order valence-corrected chi connectivity index (χ1v) is 15.2. The molecule has 0 spiro atoms. The number of carbonyl (C=O) groups is 4. The van der Waals surface area contributed by atoms with Crippen molar-refractivity contribution >= 4 is 40.2 Å². The molecule has 0 radical (unpaired) electrons. The maximum Gasteiger partial charge on any atom is 0.255 e. The van der Waals surface area contributed by atoms with Gasteiger partial charge in [-0.25, -0.2) is 4.98 Å². The molecule has 3 aliphatic rings. The van der Waals surface area contributed by atoms with Gasteiger partial charge in [0.2, 0.25) is 11.8 Å². The zero-order valence-electron chi connectivity index (χ0n) is 24.3. The van der Waals surface area contributed by atoms with E-state index in [0.717, 1.165) is 42.9 Å². The summed E-state index contributed by atoms with van der Waals surface area (Å²) in [7, 11) is 0. The molecule has 4 amide bonds. The van der Waals surface area contributed by atoms with E-state index in [0.29, 0.717) is 30.0 Å². The molecule has 2 fully saturated rings. The van der Waals surface area contributed by atoms with Crippen molar-refractivity contribution in [2.45, 2.75) is 38.3 Å². The van der Waals surface area contributed by atoms with Crippen molar-refractivity contribution in [1.82, 2.24) is 20.5 Å². The van der Waals surface area contributed by atoms with E-state index in [2.05, 4.69) is 75.1 Å². The molecule has 1 atom stereocenters. The SMILES string of the molecule is O=C1CCC(N2Cc3cc(C(=O)NCC4CCN(c5cc(-c6cccc7ccccc67)ccn5)CC4)ccc3C2=O)C(=O)N1. The largest absolute Gasteiger partial charge is 0.357 e. The van der Waals surface area contributed by atoms with Gasteiger partial charge in [-0.1, -0.05) is 42.5 Å². The third-order valence-electron chi connectivity index (χ3n) is 9.12. The van der Waals surface area contributed by atoms with Crippen LogP contribution >= 0.6 is 0 Å². The Morgan fingerprint density at radius 3 is 2.57 bits per heavy atom. The molecular formula is C35H33N5O4. The van der Waals surface area contributed by atoms with E-state index in [1.54, 1.807) is 18.2 Å². The van der Waals surface area contributed by atoms with Crippen LogP contribution in [0.3, 0.4) is 0 Å². The highest BCUT2D eigenvalue weighted by Gasteiger charge is 2.39. The second-order valence-corrected chi connectivity index (χ2v) is 11.8. The lowest BCUT2D eigenvalue weighted by Gasteiger charge is -2.33. The summed E-state index contributed by atoms with van der Waals surface area (Å²) in [5, 5.41) is 7.84. The monoisotopic (exact) mass is 587 g/mol. The molecule has 7 rings (SSSR count). The van der Waals surface area contributed by atoms with Crippen LogP contribution in [-0.4, -0.2) is 59.2 Å². The number of nitrogens with zero attached hydrogens (tertiary/aromatic N) is 3. The number of benzene rings is 3.